The molecule has 0 aliphatic carbocycles. The zero-order chi connectivity index (χ0) is 20.4. The summed E-state index contributed by atoms with van der Waals surface area (Å²) in [5.41, 5.74) is 7.95. The molecule has 1 fully saturated rings. The predicted octanol–water partition coefficient (Wildman–Crippen LogP) is 3.19. The Morgan fingerprint density at radius 2 is 1.89 bits per heavy atom. The maximum Gasteiger partial charge on any atom is 0.256 e. The van der Waals surface area contributed by atoms with E-state index in [1.54, 1.807) is 4.90 Å². The van der Waals surface area contributed by atoms with Crippen molar-refractivity contribution in [3.63, 3.8) is 0 Å². The van der Waals surface area contributed by atoms with Gasteiger partial charge < -0.3 is 15.5 Å². The maximum absolute atomic E-state index is 14.1. The summed E-state index contributed by atoms with van der Waals surface area (Å²) in [6, 6.07) is 11.8. The zero-order valence-corrected chi connectivity index (χ0v) is 16.5. The molecule has 2 N–H and O–H groups in total. The molecule has 0 radical (unpaired) electrons. The summed E-state index contributed by atoms with van der Waals surface area (Å²) in [5, 5.41) is 0. The number of nitrogen functional groups attached to an aromatic ring is 1. The van der Waals surface area contributed by atoms with E-state index < -0.39 is 5.82 Å². The molecular weight excluding hydrogens is 357 g/mol. The fourth-order valence-electron chi connectivity index (χ4n) is 3.80. The Labute approximate surface area is 164 Å². The fourth-order valence-corrected chi connectivity index (χ4v) is 3.80. The minimum atomic E-state index is -0.621. The lowest BCUT2D eigenvalue weighted by Gasteiger charge is -2.41. The first-order chi connectivity index (χ1) is 13.3. The number of nitrogens with zero attached hydrogens (tertiary/aromatic N) is 2. The number of halogens is 1. The fraction of sp³-hybridized carbons (Fsp3) is 0.364. The van der Waals surface area contributed by atoms with Crippen molar-refractivity contribution in [3.05, 3.63) is 65.0 Å². The third-order valence-corrected chi connectivity index (χ3v) is 5.45. The number of nitrogens with two attached hydrogens (primary N) is 1. The molecule has 2 atom stereocenters. The lowest BCUT2D eigenvalue weighted by Crippen LogP contribution is -2.56. The van der Waals surface area contributed by atoms with Crippen LogP contribution in [0.2, 0.25) is 0 Å². The number of carbonyl (C=O) groups excluding carboxylic acids is 2. The monoisotopic (exact) mass is 383 g/mol. The van der Waals surface area contributed by atoms with Crippen LogP contribution < -0.4 is 5.73 Å². The number of aryl methyl sites for hydroxylation is 1. The van der Waals surface area contributed by atoms with Gasteiger partial charge in [0, 0.05) is 31.4 Å². The van der Waals surface area contributed by atoms with Gasteiger partial charge >= 0.3 is 0 Å². The van der Waals surface area contributed by atoms with Crippen LogP contribution in [-0.4, -0.2) is 47.3 Å². The zero-order valence-electron chi connectivity index (χ0n) is 16.5. The molecule has 0 saturated carbocycles. The number of rotatable bonds is 3. The number of carbonyl (C=O) groups is 2. The molecule has 0 bridgehead atoms. The van der Waals surface area contributed by atoms with E-state index in [2.05, 4.69) is 0 Å². The average Bonchev–Trinajstić information content (AvgIpc) is 2.67. The van der Waals surface area contributed by atoms with Crippen molar-refractivity contribution in [3.8, 4) is 0 Å². The second kappa shape index (κ2) is 8.00. The lowest BCUT2D eigenvalue weighted by atomic mass is 9.94. The molecule has 6 heteroatoms. The van der Waals surface area contributed by atoms with E-state index in [0.29, 0.717) is 19.6 Å². The van der Waals surface area contributed by atoms with E-state index in [9.17, 15) is 14.0 Å². The van der Waals surface area contributed by atoms with Crippen LogP contribution in [0, 0.1) is 12.7 Å². The number of piperazine rings is 1. The highest BCUT2D eigenvalue weighted by molar-refractivity contribution is 5.95. The highest BCUT2D eigenvalue weighted by Crippen LogP contribution is 2.24. The number of benzene rings is 2. The largest absolute Gasteiger partial charge is 0.399 e. The van der Waals surface area contributed by atoms with Crippen molar-refractivity contribution < 1.29 is 14.0 Å². The molecule has 2 amide bonds. The van der Waals surface area contributed by atoms with Gasteiger partial charge in [-0.3, -0.25) is 9.59 Å². The first-order valence-electron chi connectivity index (χ1n) is 9.50. The van der Waals surface area contributed by atoms with E-state index in [1.807, 2.05) is 49.9 Å². The summed E-state index contributed by atoms with van der Waals surface area (Å²) >= 11 is 0. The van der Waals surface area contributed by atoms with Crippen molar-refractivity contribution >= 4 is 17.5 Å². The van der Waals surface area contributed by atoms with Gasteiger partial charge in [-0.05, 0) is 50.1 Å². The molecule has 5 nitrogen and oxygen atoms in total. The summed E-state index contributed by atoms with van der Waals surface area (Å²) in [6.45, 7) is 7.01. The quantitative estimate of drug-likeness (QED) is 0.828. The van der Waals surface area contributed by atoms with Gasteiger partial charge in [0.2, 0.25) is 5.91 Å². The Bertz CT molecular complexity index is 899. The van der Waals surface area contributed by atoms with E-state index in [0.717, 1.165) is 17.2 Å². The molecule has 1 saturated heterocycles. The van der Waals surface area contributed by atoms with Crippen LogP contribution >= 0.6 is 0 Å². The predicted molar refractivity (Wildman–Crippen MR) is 107 cm³/mol. The van der Waals surface area contributed by atoms with Crippen molar-refractivity contribution in [1.82, 2.24) is 9.80 Å². The molecule has 1 aliphatic rings. The Morgan fingerprint density at radius 1 is 1.18 bits per heavy atom. The minimum Gasteiger partial charge on any atom is -0.399 e. The number of hydrogen-bond acceptors (Lipinski definition) is 3. The van der Waals surface area contributed by atoms with Gasteiger partial charge in [-0.2, -0.15) is 0 Å². The van der Waals surface area contributed by atoms with Crippen LogP contribution in [-0.2, 0) is 4.79 Å². The van der Waals surface area contributed by atoms with Gasteiger partial charge in [0.25, 0.3) is 5.91 Å². The molecule has 0 spiro atoms. The summed E-state index contributed by atoms with van der Waals surface area (Å²) in [6.07, 6.45) is 0. The Morgan fingerprint density at radius 3 is 2.54 bits per heavy atom. The standard InChI is InChI=1S/C22H26FN3O2/c1-14-6-4-5-7-18(14)16(3)21(27)26-11-10-25(13-15(26)2)22(28)19-9-8-17(24)12-20(19)23/h4-9,12,15-16H,10-11,13,24H2,1-3H3/t15-,16?/m0/s1. The Kier molecular flexibility index (Phi) is 5.68. The average molecular weight is 383 g/mol. The molecule has 1 unspecified atom stereocenters. The van der Waals surface area contributed by atoms with Crippen LogP contribution in [0.25, 0.3) is 0 Å². The van der Waals surface area contributed by atoms with E-state index in [4.69, 9.17) is 5.73 Å². The van der Waals surface area contributed by atoms with E-state index in [1.165, 1.54) is 12.1 Å². The summed E-state index contributed by atoms with van der Waals surface area (Å²) in [4.78, 5) is 29.2. The summed E-state index contributed by atoms with van der Waals surface area (Å²) in [7, 11) is 0. The van der Waals surface area contributed by atoms with Gasteiger partial charge in [0.05, 0.1) is 11.5 Å². The molecule has 3 rings (SSSR count). The van der Waals surface area contributed by atoms with Crippen LogP contribution in [0.5, 0.6) is 0 Å². The molecule has 2 aromatic carbocycles. The molecule has 28 heavy (non-hydrogen) atoms. The number of anilines is 1. The Hall–Kier alpha value is -2.89. The third-order valence-electron chi connectivity index (χ3n) is 5.45. The SMILES string of the molecule is Cc1ccccc1C(C)C(=O)N1CCN(C(=O)c2ccc(N)cc2F)C[C@@H]1C. The number of hydrogen-bond donors (Lipinski definition) is 1. The lowest BCUT2D eigenvalue weighted by molar-refractivity contribution is -0.136. The second-order valence-corrected chi connectivity index (χ2v) is 7.45. The van der Waals surface area contributed by atoms with Crippen molar-refractivity contribution in [2.75, 3.05) is 25.4 Å². The Balaban J connectivity index is 1.70. The molecule has 148 valence electrons. The van der Waals surface area contributed by atoms with Crippen molar-refractivity contribution in [1.29, 1.82) is 0 Å². The highest BCUT2D eigenvalue weighted by atomic mass is 19.1. The molecular formula is C22H26FN3O2. The van der Waals surface area contributed by atoms with Gasteiger partial charge in [-0.1, -0.05) is 24.3 Å². The summed E-state index contributed by atoms with van der Waals surface area (Å²) < 4.78 is 14.1. The van der Waals surface area contributed by atoms with Crippen LogP contribution in [0.15, 0.2) is 42.5 Å². The normalized spacial score (nSPS) is 18.1. The van der Waals surface area contributed by atoms with Gasteiger partial charge in [0.1, 0.15) is 5.82 Å². The van der Waals surface area contributed by atoms with Crippen LogP contribution in [0.4, 0.5) is 10.1 Å². The van der Waals surface area contributed by atoms with Gasteiger partial charge in [-0.15, -0.1) is 0 Å². The molecule has 1 aliphatic heterocycles. The van der Waals surface area contributed by atoms with Crippen LogP contribution in [0.1, 0.15) is 41.3 Å². The second-order valence-electron chi connectivity index (χ2n) is 7.45. The van der Waals surface area contributed by atoms with Gasteiger partial charge in [-0.25, -0.2) is 4.39 Å². The minimum absolute atomic E-state index is 0.00875. The smallest absolute Gasteiger partial charge is 0.256 e. The highest BCUT2D eigenvalue weighted by Gasteiger charge is 2.33. The maximum atomic E-state index is 14.1. The summed E-state index contributed by atoms with van der Waals surface area (Å²) in [5.74, 6) is -1.19. The first-order valence-corrected chi connectivity index (χ1v) is 9.50. The molecule has 0 aromatic heterocycles. The molecule has 1 heterocycles. The number of amides is 2. The topological polar surface area (TPSA) is 66.6 Å². The van der Waals surface area contributed by atoms with E-state index >= 15 is 0 Å². The van der Waals surface area contributed by atoms with Crippen molar-refractivity contribution in [2.24, 2.45) is 0 Å². The van der Waals surface area contributed by atoms with Gasteiger partial charge in [0.15, 0.2) is 0 Å². The third kappa shape index (κ3) is 3.86. The first kappa shape index (κ1) is 19.9. The van der Waals surface area contributed by atoms with Crippen molar-refractivity contribution in [2.45, 2.75) is 32.7 Å². The molecule has 2 aromatic rings. The van der Waals surface area contributed by atoms with Crippen LogP contribution in [0.3, 0.4) is 0 Å². The van der Waals surface area contributed by atoms with E-state index in [-0.39, 0.29) is 35.0 Å².